The summed E-state index contributed by atoms with van der Waals surface area (Å²) in [4.78, 5) is 11.6. The molecule has 1 aromatic heterocycles. The summed E-state index contributed by atoms with van der Waals surface area (Å²) in [6.45, 7) is 2.69. The van der Waals surface area contributed by atoms with Gasteiger partial charge in [0.25, 0.3) is 0 Å². The number of aryl methyl sites for hydroxylation is 1. The van der Waals surface area contributed by atoms with Crippen molar-refractivity contribution in [2.75, 3.05) is 12.3 Å². The first-order chi connectivity index (χ1) is 15.5. The van der Waals surface area contributed by atoms with E-state index in [1.54, 1.807) is 18.1 Å². The highest BCUT2D eigenvalue weighted by molar-refractivity contribution is 7.98. The van der Waals surface area contributed by atoms with E-state index >= 15 is 0 Å². The number of aliphatic imine (C=N–C) groups is 1. The van der Waals surface area contributed by atoms with Gasteiger partial charge in [-0.05, 0) is 18.1 Å². The van der Waals surface area contributed by atoms with Crippen molar-refractivity contribution in [1.29, 1.82) is 0 Å². The van der Waals surface area contributed by atoms with Crippen LogP contribution in [0, 0.1) is 6.92 Å². The normalized spacial score (nSPS) is 12.1. The number of hydrogen-bond donors (Lipinski definition) is 3. The molecule has 3 aromatic rings. The molecule has 3 rings (SSSR count). The number of nitrogens with one attached hydrogen (secondary N) is 2. The van der Waals surface area contributed by atoms with Crippen LogP contribution in [-0.2, 0) is 32.6 Å². The molecule has 8 nitrogen and oxygen atoms in total. The van der Waals surface area contributed by atoms with Crippen molar-refractivity contribution in [2.45, 2.75) is 25.9 Å². The predicted molar refractivity (Wildman–Crippen MR) is 129 cm³/mol. The lowest BCUT2D eigenvalue weighted by atomic mass is 10.2. The van der Waals surface area contributed by atoms with E-state index in [0.717, 1.165) is 34.0 Å². The lowest BCUT2D eigenvalue weighted by Gasteiger charge is -2.20. The number of aromatic amines is 1. The monoisotopic (exact) mass is 473 g/mol. The Kier molecular flexibility index (Phi) is 9.37. The summed E-state index contributed by atoms with van der Waals surface area (Å²) in [5.41, 5.74) is 9.82. The third kappa shape index (κ3) is 8.16. The van der Waals surface area contributed by atoms with Gasteiger partial charge in [0.05, 0.1) is 31.8 Å². The summed E-state index contributed by atoms with van der Waals surface area (Å²) in [7, 11) is -3.73. The van der Waals surface area contributed by atoms with Gasteiger partial charge in [-0.15, -0.1) is 0 Å². The minimum absolute atomic E-state index is 0.0195. The molecule has 0 spiro atoms. The maximum absolute atomic E-state index is 13.3. The average Bonchev–Trinajstić information content (AvgIpc) is 3.22. The second kappa shape index (κ2) is 12.5. The molecule has 0 unspecified atom stereocenters. The molecule has 0 atom stereocenters. The van der Waals surface area contributed by atoms with Gasteiger partial charge >= 0.3 is 7.75 Å². The van der Waals surface area contributed by atoms with E-state index in [1.807, 2.05) is 67.6 Å². The molecule has 32 heavy (non-hydrogen) atoms. The first-order valence-electron chi connectivity index (χ1n) is 10.2. The number of aromatic nitrogens is 2. The molecule has 0 saturated heterocycles. The Balaban J connectivity index is 1.54. The van der Waals surface area contributed by atoms with Gasteiger partial charge in [0, 0.05) is 17.2 Å². The van der Waals surface area contributed by atoms with Crippen LogP contribution >= 0.6 is 19.5 Å². The lowest BCUT2D eigenvalue weighted by molar-refractivity contribution is 0.187. The third-order valence-electron chi connectivity index (χ3n) is 4.43. The molecule has 0 aliphatic heterocycles. The zero-order valence-electron chi connectivity index (χ0n) is 17.9. The number of guanidine groups is 1. The molecule has 0 bridgehead atoms. The number of nitrogens with zero attached hydrogens (tertiary/aromatic N) is 2. The highest BCUT2D eigenvalue weighted by atomic mass is 32.2. The maximum atomic E-state index is 13.3. The molecule has 0 amide bonds. The fourth-order valence-corrected chi connectivity index (χ4v) is 4.72. The van der Waals surface area contributed by atoms with E-state index in [2.05, 4.69) is 20.0 Å². The highest BCUT2D eigenvalue weighted by Gasteiger charge is 2.26. The third-order valence-corrected chi connectivity index (χ3v) is 6.82. The van der Waals surface area contributed by atoms with Gasteiger partial charge in [0.15, 0.2) is 5.96 Å². The van der Waals surface area contributed by atoms with Crippen LogP contribution in [0.3, 0.4) is 0 Å². The van der Waals surface area contributed by atoms with Crippen molar-refractivity contribution in [3.05, 3.63) is 89.5 Å². The minimum atomic E-state index is -3.73. The van der Waals surface area contributed by atoms with Crippen LogP contribution in [0.4, 0.5) is 0 Å². The minimum Gasteiger partial charge on any atom is -0.370 e. The number of hydrogen-bond acceptors (Lipinski definition) is 6. The second-order valence-corrected chi connectivity index (χ2v) is 9.76. The van der Waals surface area contributed by atoms with Gasteiger partial charge in [-0.2, -0.15) is 11.8 Å². The number of thioether (sulfide) groups is 1. The quantitative estimate of drug-likeness (QED) is 0.155. The van der Waals surface area contributed by atoms with Crippen LogP contribution in [-0.4, -0.2) is 28.2 Å². The van der Waals surface area contributed by atoms with Crippen molar-refractivity contribution < 1.29 is 13.6 Å². The lowest BCUT2D eigenvalue weighted by Crippen LogP contribution is -2.31. The Morgan fingerprint density at radius 2 is 1.69 bits per heavy atom. The van der Waals surface area contributed by atoms with E-state index in [9.17, 15) is 4.57 Å². The standard InChI is InChI=1S/C22H28N5O3PS/c1-18-21(26-17-25-18)16-32-13-12-24-22(23)27-31(28,29-14-19-8-4-2-5-9-19)30-15-20-10-6-3-7-11-20/h2-11,17H,12-16H2,1H3,(H,25,26)(H3,23,24,27,28). The molecule has 0 saturated carbocycles. The van der Waals surface area contributed by atoms with Gasteiger partial charge in [-0.1, -0.05) is 60.7 Å². The molecular weight excluding hydrogens is 445 g/mol. The summed E-state index contributed by atoms with van der Waals surface area (Å²) >= 11 is 1.70. The summed E-state index contributed by atoms with van der Waals surface area (Å²) in [5, 5.41) is 2.66. The highest BCUT2D eigenvalue weighted by Crippen LogP contribution is 2.45. The van der Waals surface area contributed by atoms with Gasteiger partial charge in [-0.3, -0.25) is 19.1 Å². The number of rotatable bonds is 12. The molecule has 0 aliphatic carbocycles. The molecular formula is C22H28N5O3PS. The molecule has 1 heterocycles. The Bertz CT molecular complexity index is 983. The van der Waals surface area contributed by atoms with E-state index in [0.29, 0.717) is 6.54 Å². The maximum Gasteiger partial charge on any atom is 0.435 e. The molecule has 0 aliphatic rings. The van der Waals surface area contributed by atoms with Gasteiger partial charge in [-0.25, -0.2) is 9.55 Å². The van der Waals surface area contributed by atoms with Crippen LogP contribution in [0.25, 0.3) is 0 Å². The van der Waals surface area contributed by atoms with Crippen LogP contribution in [0.5, 0.6) is 0 Å². The van der Waals surface area contributed by atoms with E-state index < -0.39 is 7.75 Å². The van der Waals surface area contributed by atoms with E-state index in [-0.39, 0.29) is 19.2 Å². The van der Waals surface area contributed by atoms with E-state index in [1.165, 1.54) is 0 Å². The molecule has 0 fully saturated rings. The van der Waals surface area contributed by atoms with Crippen molar-refractivity contribution in [2.24, 2.45) is 10.7 Å². The summed E-state index contributed by atoms with van der Waals surface area (Å²) < 4.78 is 24.6. The zero-order chi connectivity index (χ0) is 22.7. The van der Waals surface area contributed by atoms with Crippen molar-refractivity contribution in [1.82, 2.24) is 15.1 Å². The molecule has 2 aromatic carbocycles. The van der Waals surface area contributed by atoms with Crippen LogP contribution in [0.2, 0.25) is 0 Å². The summed E-state index contributed by atoms with van der Waals surface area (Å²) in [6, 6.07) is 18.9. The fraction of sp³-hybridized carbons (Fsp3) is 0.273. The number of imidazole rings is 1. The largest absolute Gasteiger partial charge is 0.435 e. The first-order valence-corrected chi connectivity index (χ1v) is 12.9. The van der Waals surface area contributed by atoms with Crippen LogP contribution < -0.4 is 10.8 Å². The Morgan fingerprint density at radius 1 is 1.09 bits per heavy atom. The van der Waals surface area contributed by atoms with Gasteiger partial charge in [0.1, 0.15) is 0 Å². The summed E-state index contributed by atoms with van der Waals surface area (Å²) in [6.07, 6.45) is 1.69. The topological polar surface area (TPSA) is 115 Å². The zero-order valence-corrected chi connectivity index (χ0v) is 19.6. The Hall–Kier alpha value is -2.58. The van der Waals surface area contributed by atoms with Gasteiger partial charge in [0.2, 0.25) is 0 Å². The summed E-state index contributed by atoms with van der Waals surface area (Å²) in [5.74, 6) is 1.55. The fourth-order valence-electron chi connectivity index (χ4n) is 2.68. The van der Waals surface area contributed by atoms with Crippen LogP contribution in [0.15, 0.2) is 72.0 Å². The molecule has 170 valence electrons. The SMILES string of the molecule is Cc1[nH]cnc1CSCCN=C(N)NP(=O)(OCc1ccccc1)OCc1ccccc1. The smallest absolute Gasteiger partial charge is 0.370 e. The van der Waals surface area contributed by atoms with Crippen molar-refractivity contribution in [3.63, 3.8) is 0 Å². The van der Waals surface area contributed by atoms with Gasteiger partial charge < -0.3 is 10.7 Å². The average molecular weight is 474 g/mol. The number of benzene rings is 2. The van der Waals surface area contributed by atoms with Crippen LogP contribution in [0.1, 0.15) is 22.5 Å². The van der Waals surface area contributed by atoms with Crippen molar-refractivity contribution in [3.8, 4) is 0 Å². The number of nitrogens with two attached hydrogens (primary N) is 1. The Morgan fingerprint density at radius 3 is 2.22 bits per heavy atom. The van der Waals surface area contributed by atoms with Crippen molar-refractivity contribution >= 4 is 25.5 Å². The molecule has 10 heteroatoms. The van der Waals surface area contributed by atoms with E-state index in [4.69, 9.17) is 14.8 Å². The predicted octanol–water partition coefficient (Wildman–Crippen LogP) is 4.40. The second-order valence-electron chi connectivity index (χ2n) is 6.92. The molecule has 0 radical (unpaired) electrons. The molecule has 4 N–H and O–H groups in total. The number of H-pyrrole nitrogens is 1. The first kappa shape index (κ1) is 24.1. The Labute approximate surface area is 192 Å².